The molecule has 0 spiro atoms. The van der Waals surface area contributed by atoms with Gasteiger partial charge >= 0.3 is 5.97 Å². The predicted octanol–water partition coefficient (Wildman–Crippen LogP) is 2.09. The van der Waals surface area contributed by atoms with E-state index in [9.17, 15) is 14.0 Å². The molecule has 0 bridgehead atoms. The van der Waals surface area contributed by atoms with Crippen LogP contribution in [-0.4, -0.2) is 30.1 Å². The summed E-state index contributed by atoms with van der Waals surface area (Å²) in [6.07, 6.45) is 2.10. The molecule has 20 heavy (non-hydrogen) atoms. The zero-order chi connectivity index (χ0) is 14.7. The molecule has 2 N–H and O–H groups in total. The summed E-state index contributed by atoms with van der Waals surface area (Å²) in [7, 11) is 0. The van der Waals surface area contributed by atoms with Crippen molar-refractivity contribution in [1.29, 1.82) is 0 Å². The maximum absolute atomic E-state index is 14.0. The number of carboxylic acid groups (broad SMARTS) is 1. The van der Waals surface area contributed by atoms with Crippen LogP contribution < -0.4 is 10.2 Å². The maximum Gasteiger partial charge on any atom is 0.315 e. The van der Waals surface area contributed by atoms with Crippen molar-refractivity contribution in [3.8, 4) is 0 Å². The molecular formula is C14H17FN2O3. The minimum absolute atomic E-state index is 0.267. The lowest BCUT2D eigenvalue weighted by Gasteiger charge is -2.19. The van der Waals surface area contributed by atoms with Gasteiger partial charge in [-0.1, -0.05) is 0 Å². The fourth-order valence-corrected chi connectivity index (χ4v) is 2.16. The lowest BCUT2D eigenvalue weighted by molar-refractivity contribution is -0.144. The maximum atomic E-state index is 14.0. The number of rotatable bonds is 4. The Morgan fingerprint density at radius 3 is 2.55 bits per heavy atom. The van der Waals surface area contributed by atoms with E-state index in [1.165, 1.54) is 13.0 Å². The van der Waals surface area contributed by atoms with E-state index in [1.54, 1.807) is 12.1 Å². The normalized spacial score (nSPS) is 16.0. The van der Waals surface area contributed by atoms with Crippen molar-refractivity contribution in [3.05, 3.63) is 24.0 Å². The number of nitrogens with zero attached hydrogens (tertiary/aromatic N) is 1. The molecule has 6 heteroatoms. The van der Waals surface area contributed by atoms with Crippen LogP contribution in [0.1, 0.15) is 19.8 Å². The van der Waals surface area contributed by atoms with Crippen molar-refractivity contribution in [2.24, 2.45) is 5.92 Å². The van der Waals surface area contributed by atoms with E-state index in [4.69, 9.17) is 5.11 Å². The van der Waals surface area contributed by atoms with Gasteiger partial charge < -0.3 is 15.3 Å². The molecule has 1 aromatic rings. The number of carbonyl (C=O) groups excluding carboxylic acids is 1. The lowest BCUT2D eigenvalue weighted by atomic mass is 10.1. The highest BCUT2D eigenvalue weighted by atomic mass is 19.1. The molecule has 108 valence electrons. The van der Waals surface area contributed by atoms with Gasteiger partial charge in [-0.2, -0.15) is 0 Å². The second-order valence-electron chi connectivity index (χ2n) is 4.91. The Morgan fingerprint density at radius 2 is 2.00 bits per heavy atom. The smallest absolute Gasteiger partial charge is 0.315 e. The van der Waals surface area contributed by atoms with Crippen LogP contribution in [-0.2, 0) is 9.59 Å². The first kappa shape index (κ1) is 14.3. The first-order valence-corrected chi connectivity index (χ1v) is 6.57. The standard InChI is InChI=1S/C14H17FN2O3/c1-9(14(19)20)13(18)16-10-4-5-12(11(15)8-10)17-6-2-3-7-17/h4-5,8-9H,2-3,6-7H2,1H3,(H,16,18)(H,19,20). The lowest BCUT2D eigenvalue weighted by Crippen LogP contribution is -2.27. The average molecular weight is 280 g/mol. The molecule has 1 aliphatic heterocycles. The molecular weight excluding hydrogens is 263 g/mol. The Bertz CT molecular complexity index is 527. The summed E-state index contributed by atoms with van der Waals surface area (Å²) in [6.45, 7) is 2.95. The van der Waals surface area contributed by atoms with Gasteiger partial charge in [-0.3, -0.25) is 9.59 Å². The SMILES string of the molecule is CC(C(=O)O)C(=O)Nc1ccc(N2CCCC2)c(F)c1. The van der Waals surface area contributed by atoms with Gasteiger partial charge in [0.2, 0.25) is 5.91 Å². The minimum Gasteiger partial charge on any atom is -0.481 e. The number of halogens is 1. The Balaban J connectivity index is 2.09. The summed E-state index contributed by atoms with van der Waals surface area (Å²) in [5.74, 6) is -3.45. The van der Waals surface area contributed by atoms with E-state index >= 15 is 0 Å². The Hall–Kier alpha value is -2.11. The van der Waals surface area contributed by atoms with Crippen LogP contribution in [0.4, 0.5) is 15.8 Å². The van der Waals surface area contributed by atoms with E-state index < -0.39 is 23.6 Å². The molecule has 0 radical (unpaired) electrons. The van der Waals surface area contributed by atoms with Gasteiger partial charge in [0.15, 0.2) is 0 Å². The molecule has 0 aromatic heterocycles. The number of nitrogens with one attached hydrogen (secondary N) is 1. The number of hydrogen-bond donors (Lipinski definition) is 2. The van der Waals surface area contributed by atoms with Crippen molar-refractivity contribution in [3.63, 3.8) is 0 Å². The highest BCUT2D eigenvalue weighted by Crippen LogP contribution is 2.26. The van der Waals surface area contributed by atoms with Gasteiger partial charge in [0, 0.05) is 18.8 Å². The predicted molar refractivity (Wildman–Crippen MR) is 73.3 cm³/mol. The van der Waals surface area contributed by atoms with E-state index in [-0.39, 0.29) is 5.69 Å². The number of anilines is 2. The molecule has 1 atom stereocenters. The molecule has 1 aromatic carbocycles. The molecule has 0 aliphatic carbocycles. The van der Waals surface area contributed by atoms with E-state index in [2.05, 4.69) is 5.32 Å². The quantitative estimate of drug-likeness (QED) is 0.829. The summed E-state index contributed by atoms with van der Waals surface area (Å²) < 4.78 is 14.0. The first-order chi connectivity index (χ1) is 9.49. The largest absolute Gasteiger partial charge is 0.481 e. The monoisotopic (exact) mass is 280 g/mol. The third kappa shape index (κ3) is 3.07. The van der Waals surface area contributed by atoms with Crippen LogP contribution in [0, 0.1) is 11.7 Å². The molecule has 0 saturated carbocycles. The topological polar surface area (TPSA) is 69.6 Å². The van der Waals surface area contributed by atoms with Gasteiger partial charge in [0.05, 0.1) is 5.69 Å². The van der Waals surface area contributed by atoms with E-state index in [0.717, 1.165) is 25.9 Å². The molecule has 1 unspecified atom stereocenters. The van der Waals surface area contributed by atoms with Gasteiger partial charge in [-0.05, 0) is 38.0 Å². The molecule has 1 fully saturated rings. The molecule has 1 saturated heterocycles. The second kappa shape index (κ2) is 5.90. The Morgan fingerprint density at radius 1 is 1.35 bits per heavy atom. The van der Waals surface area contributed by atoms with Gasteiger partial charge in [-0.25, -0.2) is 4.39 Å². The van der Waals surface area contributed by atoms with Crippen molar-refractivity contribution in [1.82, 2.24) is 0 Å². The van der Waals surface area contributed by atoms with Crippen LogP contribution >= 0.6 is 0 Å². The zero-order valence-corrected chi connectivity index (χ0v) is 11.2. The molecule has 5 nitrogen and oxygen atoms in total. The fourth-order valence-electron chi connectivity index (χ4n) is 2.16. The highest BCUT2D eigenvalue weighted by molar-refractivity contribution is 6.03. The molecule has 1 amide bonds. The van der Waals surface area contributed by atoms with Crippen LogP contribution in [0.25, 0.3) is 0 Å². The van der Waals surface area contributed by atoms with Crippen molar-refractivity contribution < 1.29 is 19.1 Å². The highest BCUT2D eigenvalue weighted by Gasteiger charge is 2.21. The Labute approximate surface area is 116 Å². The number of aliphatic carboxylic acids is 1. The third-order valence-electron chi connectivity index (χ3n) is 3.43. The number of benzene rings is 1. The fraction of sp³-hybridized carbons (Fsp3) is 0.429. The Kier molecular flexibility index (Phi) is 4.22. The van der Waals surface area contributed by atoms with Crippen LogP contribution in [0.5, 0.6) is 0 Å². The van der Waals surface area contributed by atoms with E-state index in [1.807, 2.05) is 4.90 Å². The number of hydrogen-bond acceptors (Lipinski definition) is 3. The van der Waals surface area contributed by atoms with Crippen molar-refractivity contribution in [2.75, 3.05) is 23.3 Å². The van der Waals surface area contributed by atoms with Crippen LogP contribution in [0.3, 0.4) is 0 Å². The summed E-state index contributed by atoms with van der Waals surface area (Å²) in [4.78, 5) is 24.2. The summed E-state index contributed by atoms with van der Waals surface area (Å²) in [5, 5.41) is 11.1. The minimum atomic E-state index is -1.21. The van der Waals surface area contributed by atoms with Crippen molar-refractivity contribution in [2.45, 2.75) is 19.8 Å². The zero-order valence-electron chi connectivity index (χ0n) is 11.2. The number of carbonyl (C=O) groups is 2. The van der Waals surface area contributed by atoms with Crippen LogP contribution in [0.15, 0.2) is 18.2 Å². The van der Waals surface area contributed by atoms with Gasteiger partial charge in [-0.15, -0.1) is 0 Å². The van der Waals surface area contributed by atoms with Crippen LogP contribution in [0.2, 0.25) is 0 Å². The first-order valence-electron chi connectivity index (χ1n) is 6.57. The molecule has 1 aliphatic rings. The molecule has 2 rings (SSSR count). The van der Waals surface area contributed by atoms with E-state index in [0.29, 0.717) is 5.69 Å². The number of carboxylic acids is 1. The second-order valence-corrected chi connectivity index (χ2v) is 4.91. The van der Waals surface area contributed by atoms with Crippen molar-refractivity contribution >= 4 is 23.3 Å². The summed E-state index contributed by atoms with van der Waals surface area (Å²) in [5.41, 5.74) is 0.787. The van der Waals surface area contributed by atoms with Gasteiger partial charge in [0.25, 0.3) is 0 Å². The summed E-state index contributed by atoms with van der Waals surface area (Å²) in [6, 6.07) is 4.42. The summed E-state index contributed by atoms with van der Waals surface area (Å²) >= 11 is 0. The number of amides is 1. The third-order valence-corrected chi connectivity index (χ3v) is 3.43. The van der Waals surface area contributed by atoms with Gasteiger partial charge in [0.1, 0.15) is 11.7 Å². The molecule has 1 heterocycles. The average Bonchev–Trinajstić information content (AvgIpc) is 2.91.